The van der Waals surface area contributed by atoms with Gasteiger partial charge in [0, 0.05) is 5.56 Å². The van der Waals surface area contributed by atoms with Crippen LogP contribution in [0.4, 0.5) is 8.78 Å². The van der Waals surface area contributed by atoms with Crippen molar-refractivity contribution < 1.29 is 28.2 Å². The van der Waals surface area contributed by atoms with Gasteiger partial charge in [0.05, 0.1) is 5.56 Å². The van der Waals surface area contributed by atoms with Gasteiger partial charge in [0.1, 0.15) is 5.75 Å². The van der Waals surface area contributed by atoms with Crippen molar-refractivity contribution in [2.75, 3.05) is 0 Å². The van der Waals surface area contributed by atoms with Gasteiger partial charge in [-0.25, -0.2) is 13.6 Å². The fraction of sp³-hybridized carbons (Fsp3) is 0.0909. The maximum Gasteiger partial charge on any atom is 0.338 e. The number of halogens is 2. The van der Waals surface area contributed by atoms with Crippen LogP contribution in [0.25, 0.3) is 11.1 Å². The largest absolute Gasteiger partial charge is 0.508 e. The third-order valence-electron chi connectivity index (χ3n) is 4.18. The van der Waals surface area contributed by atoms with E-state index in [4.69, 9.17) is 4.74 Å². The van der Waals surface area contributed by atoms with E-state index in [0.29, 0.717) is 0 Å². The molecule has 0 spiro atoms. The fourth-order valence-corrected chi connectivity index (χ4v) is 2.62. The lowest BCUT2D eigenvalue weighted by molar-refractivity contribution is 0.0318. The summed E-state index contributed by atoms with van der Waals surface area (Å²) in [6.07, 6.45) is -1.16. The topological polar surface area (TPSA) is 63.6 Å². The van der Waals surface area contributed by atoms with Gasteiger partial charge in [0.2, 0.25) is 5.78 Å². The number of esters is 1. The number of aromatic hydroxyl groups is 1. The van der Waals surface area contributed by atoms with Crippen molar-refractivity contribution in [2.24, 2.45) is 0 Å². The van der Waals surface area contributed by atoms with Gasteiger partial charge in [0.25, 0.3) is 0 Å². The van der Waals surface area contributed by atoms with Crippen LogP contribution in [0.2, 0.25) is 0 Å². The van der Waals surface area contributed by atoms with Crippen molar-refractivity contribution in [3.8, 4) is 16.9 Å². The van der Waals surface area contributed by atoms with E-state index in [9.17, 15) is 23.5 Å². The van der Waals surface area contributed by atoms with Crippen molar-refractivity contribution in [1.82, 2.24) is 0 Å². The molecule has 3 aromatic rings. The van der Waals surface area contributed by atoms with E-state index in [0.717, 1.165) is 29.3 Å². The molecule has 0 saturated heterocycles. The summed E-state index contributed by atoms with van der Waals surface area (Å²) in [6.45, 7) is 1.37. The van der Waals surface area contributed by atoms with Crippen LogP contribution in [0, 0.1) is 11.6 Å². The first-order chi connectivity index (χ1) is 13.3. The van der Waals surface area contributed by atoms with Crippen LogP contribution < -0.4 is 0 Å². The highest BCUT2D eigenvalue weighted by atomic mass is 19.2. The Morgan fingerprint density at radius 3 is 1.93 bits per heavy atom. The molecule has 0 aliphatic heterocycles. The number of phenolic OH excluding ortho intramolecular Hbond substituents is 1. The average molecular weight is 382 g/mol. The smallest absolute Gasteiger partial charge is 0.338 e. The second-order valence-electron chi connectivity index (χ2n) is 6.16. The maximum atomic E-state index is 13.3. The third-order valence-corrected chi connectivity index (χ3v) is 4.18. The Morgan fingerprint density at radius 2 is 1.36 bits per heavy atom. The second kappa shape index (κ2) is 8.00. The summed E-state index contributed by atoms with van der Waals surface area (Å²) in [5.74, 6) is -3.39. The molecule has 1 unspecified atom stereocenters. The van der Waals surface area contributed by atoms with E-state index in [-0.39, 0.29) is 16.9 Å². The van der Waals surface area contributed by atoms with Gasteiger partial charge in [-0.05, 0) is 60.5 Å². The normalized spacial score (nSPS) is 11.7. The molecule has 0 bridgehead atoms. The molecular formula is C22H16F2O4. The standard InChI is InChI=1S/C22H16F2O4/c1-13(21(26)17-8-11-19(23)20(24)12-17)28-22(27)16-4-2-14(3-5-16)15-6-9-18(25)10-7-15/h2-13,25H,1H3. The van der Waals surface area contributed by atoms with Crippen LogP contribution in [-0.2, 0) is 4.74 Å². The number of carbonyl (C=O) groups excluding carboxylic acids is 2. The third kappa shape index (κ3) is 4.23. The van der Waals surface area contributed by atoms with Gasteiger partial charge in [-0.3, -0.25) is 4.79 Å². The van der Waals surface area contributed by atoms with Gasteiger partial charge >= 0.3 is 5.97 Å². The molecule has 4 nitrogen and oxygen atoms in total. The first-order valence-electron chi connectivity index (χ1n) is 8.45. The Balaban J connectivity index is 1.69. The van der Waals surface area contributed by atoms with E-state index >= 15 is 0 Å². The van der Waals surface area contributed by atoms with Crippen LogP contribution in [0.5, 0.6) is 5.75 Å². The summed E-state index contributed by atoms with van der Waals surface area (Å²) in [5, 5.41) is 9.33. The van der Waals surface area contributed by atoms with Gasteiger partial charge in [-0.1, -0.05) is 24.3 Å². The fourth-order valence-electron chi connectivity index (χ4n) is 2.62. The quantitative estimate of drug-likeness (QED) is 0.510. The van der Waals surface area contributed by atoms with Crippen LogP contribution in [0.1, 0.15) is 27.6 Å². The lowest BCUT2D eigenvalue weighted by Crippen LogP contribution is -2.24. The van der Waals surface area contributed by atoms with Gasteiger partial charge in [0.15, 0.2) is 17.7 Å². The molecule has 28 heavy (non-hydrogen) atoms. The van der Waals surface area contributed by atoms with Crippen LogP contribution >= 0.6 is 0 Å². The molecule has 3 rings (SSSR count). The summed E-state index contributed by atoms with van der Waals surface area (Å²) in [4.78, 5) is 24.5. The SMILES string of the molecule is CC(OC(=O)c1ccc(-c2ccc(O)cc2)cc1)C(=O)c1ccc(F)c(F)c1. The Bertz CT molecular complexity index is 1010. The predicted octanol–water partition coefficient (Wildman–Crippen LogP) is 4.77. The zero-order valence-corrected chi connectivity index (χ0v) is 14.9. The highest BCUT2D eigenvalue weighted by Gasteiger charge is 2.21. The number of carbonyl (C=O) groups is 2. The molecule has 0 radical (unpaired) electrons. The number of phenols is 1. The summed E-state index contributed by atoms with van der Waals surface area (Å²) in [6, 6.07) is 15.9. The molecule has 0 heterocycles. The zero-order chi connectivity index (χ0) is 20.3. The molecule has 3 aromatic carbocycles. The zero-order valence-electron chi connectivity index (χ0n) is 14.9. The molecule has 6 heteroatoms. The van der Waals surface area contributed by atoms with Gasteiger partial charge in [-0.15, -0.1) is 0 Å². The highest BCUT2D eigenvalue weighted by Crippen LogP contribution is 2.22. The Morgan fingerprint density at radius 1 is 0.821 bits per heavy atom. The van der Waals surface area contributed by atoms with Gasteiger partial charge < -0.3 is 9.84 Å². The number of hydrogen-bond donors (Lipinski definition) is 1. The van der Waals surface area contributed by atoms with Crippen LogP contribution in [-0.4, -0.2) is 23.0 Å². The van der Waals surface area contributed by atoms with Gasteiger partial charge in [-0.2, -0.15) is 0 Å². The highest BCUT2D eigenvalue weighted by molar-refractivity contribution is 6.01. The first kappa shape index (κ1) is 19.2. The van der Waals surface area contributed by atoms with Crippen molar-refractivity contribution in [1.29, 1.82) is 0 Å². The molecule has 0 aliphatic carbocycles. The molecule has 0 aromatic heterocycles. The summed E-state index contributed by atoms with van der Waals surface area (Å²) in [5.41, 5.74) is 1.86. The second-order valence-corrected chi connectivity index (χ2v) is 6.16. The number of ketones is 1. The van der Waals surface area contributed by atoms with Crippen LogP contribution in [0.3, 0.4) is 0 Å². The monoisotopic (exact) mass is 382 g/mol. The number of benzene rings is 3. The molecule has 0 saturated carbocycles. The number of Topliss-reactive ketones (excluding diaryl/α,β-unsaturated/α-hetero) is 1. The first-order valence-corrected chi connectivity index (χ1v) is 8.45. The molecule has 142 valence electrons. The molecule has 1 atom stereocenters. The van der Waals surface area contributed by atoms with E-state index in [1.54, 1.807) is 48.5 Å². The van der Waals surface area contributed by atoms with Crippen molar-refractivity contribution in [3.63, 3.8) is 0 Å². The Kier molecular flexibility index (Phi) is 5.49. The lowest BCUT2D eigenvalue weighted by atomic mass is 10.0. The molecule has 0 amide bonds. The summed E-state index contributed by atoms with van der Waals surface area (Å²) >= 11 is 0. The predicted molar refractivity (Wildman–Crippen MR) is 99.1 cm³/mol. The van der Waals surface area contributed by atoms with Crippen LogP contribution in [0.15, 0.2) is 66.7 Å². The van der Waals surface area contributed by atoms with Crippen molar-refractivity contribution >= 4 is 11.8 Å². The van der Waals surface area contributed by atoms with E-state index < -0.39 is 29.5 Å². The molecule has 1 N–H and O–H groups in total. The maximum absolute atomic E-state index is 13.3. The Labute approximate surface area is 160 Å². The number of hydrogen-bond acceptors (Lipinski definition) is 4. The lowest BCUT2D eigenvalue weighted by Gasteiger charge is -2.13. The molecule has 0 aliphatic rings. The minimum Gasteiger partial charge on any atom is -0.508 e. The minimum atomic E-state index is -1.16. The summed E-state index contributed by atoms with van der Waals surface area (Å²) in [7, 11) is 0. The van der Waals surface area contributed by atoms with Crippen molar-refractivity contribution in [3.05, 3.63) is 89.5 Å². The van der Waals surface area contributed by atoms with E-state index in [1.807, 2.05) is 0 Å². The minimum absolute atomic E-state index is 0.0816. The number of ether oxygens (including phenoxy) is 1. The number of rotatable bonds is 5. The average Bonchev–Trinajstić information content (AvgIpc) is 2.70. The van der Waals surface area contributed by atoms with E-state index in [1.165, 1.54) is 6.92 Å². The van der Waals surface area contributed by atoms with E-state index in [2.05, 4.69) is 0 Å². The Hall–Kier alpha value is -3.54. The summed E-state index contributed by atoms with van der Waals surface area (Å²) < 4.78 is 31.4. The molecular weight excluding hydrogens is 366 g/mol. The molecule has 0 fully saturated rings. The van der Waals surface area contributed by atoms with Crippen molar-refractivity contribution in [2.45, 2.75) is 13.0 Å².